The van der Waals surface area contributed by atoms with Crippen LogP contribution in [-0.4, -0.2) is 5.78 Å². The lowest BCUT2D eigenvalue weighted by Crippen LogP contribution is -2.23. The maximum Gasteiger partial charge on any atom is 0.165 e. The summed E-state index contributed by atoms with van der Waals surface area (Å²) in [6, 6.07) is 8.50. The van der Waals surface area contributed by atoms with Gasteiger partial charge in [0.2, 0.25) is 0 Å². The molecule has 20 heavy (non-hydrogen) atoms. The average Bonchev–Trinajstić information content (AvgIpc) is 2.45. The topological polar surface area (TPSA) is 17.1 Å². The fourth-order valence-electron chi connectivity index (χ4n) is 3.82. The molecule has 0 heterocycles. The van der Waals surface area contributed by atoms with Crippen molar-refractivity contribution in [1.29, 1.82) is 0 Å². The molecule has 2 fully saturated rings. The second-order valence-corrected chi connectivity index (χ2v) is 6.76. The van der Waals surface area contributed by atoms with Crippen LogP contribution in [0.25, 0.3) is 0 Å². The summed E-state index contributed by atoms with van der Waals surface area (Å²) in [4.78, 5) is 12.7. The van der Waals surface area contributed by atoms with E-state index < -0.39 is 0 Å². The number of rotatable bonds is 4. The average molecular weight is 270 g/mol. The molecule has 0 N–H and O–H groups in total. The molecule has 2 aliphatic carbocycles. The fourth-order valence-corrected chi connectivity index (χ4v) is 3.82. The van der Waals surface area contributed by atoms with E-state index in [1.807, 2.05) is 6.07 Å². The molecule has 1 heteroatoms. The molecule has 2 saturated carbocycles. The maximum absolute atomic E-state index is 12.7. The molecule has 0 aliphatic heterocycles. The molecule has 1 aromatic rings. The number of ketones is 1. The van der Waals surface area contributed by atoms with E-state index in [1.54, 1.807) is 0 Å². The molecule has 3 rings (SSSR count). The van der Waals surface area contributed by atoms with Gasteiger partial charge >= 0.3 is 0 Å². The lowest BCUT2D eigenvalue weighted by molar-refractivity contribution is 0.0862. The first kappa shape index (κ1) is 13.9. The standard InChI is InChI=1S/C19H26O/c1-2-14-6-3-10-17(12-14)19(20)18-11-5-9-16(13-18)15-7-4-8-15/h5,9,11,13-15,17H,2-4,6-8,10,12H2,1H3. The number of hydrogen-bond acceptors (Lipinski definition) is 1. The van der Waals surface area contributed by atoms with Gasteiger partial charge in [-0.05, 0) is 49.1 Å². The molecule has 1 aromatic carbocycles. The number of carbonyl (C=O) groups is 1. The van der Waals surface area contributed by atoms with Crippen molar-refractivity contribution in [1.82, 2.24) is 0 Å². The maximum atomic E-state index is 12.7. The van der Waals surface area contributed by atoms with Crippen LogP contribution in [0.4, 0.5) is 0 Å². The van der Waals surface area contributed by atoms with Crippen molar-refractivity contribution in [2.45, 2.75) is 64.2 Å². The third kappa shape index (κ3) is 2.82. The minimum Gasteiger partial charge on any atom is -0.294 e. The van der Waals surface area contributed by atoms with Gasteiger partial charge in [-0.15, -0.1) is 0 Å². The lowest BCUT2D eigenvalue weighted by atomic mass is 9.76. The summed E-state index contributed by atoms with van der Waals surface area (Å²) in [5.41, 5.74) is 2.36. The van der Waals surface area contributed by atoms with Gasteiger partial charge in [-0.25, -0.2) is 0 Å². The van der Waals surface area contributed by atoms with E-state index in [4.69, 9.17) is 0 Å². The zero-order valence-electron chi connectivity index (χ0n) is 12.6. The third-order valence-electron chi connectivity index (χ3n) is 5.48. The monoisotopic (exact) mass is 270 g/mol. The fraction of sp³-hybridized carbons (Fsp3) is 0.632. The summed E-state index contributed by atoms with van der Waals surface area (Å²) in [5, 5.41) is 0. The van der Waals surface area contributed by atoms with Gasteiger partial charge in [0.05, 0.1) is 0 Å². The molecule has 2 atom stereocenters. The molecular formula is C19H26O. The van der Waals surface area contributed by atoms with Gasteiger partial charge in [-0.3, -0.25) is 4.79 Å². The quantitative estimate of drug-likeness (QED) is 0.674. The molecule has 0 spiro atoms. The highest BCUT2D eigenvalue weighted by Gasteiger charge is 2.28. The Kier molecular flexibility index (Phi) is 4.24. The van der Waals surface area contributed by atoms with Crippen LogP contribution in [0.15, 0.2) is 24.3 Å². The molecule has 2 unspecified atom stereocenters. The van der Waals surface area contributed by atoms with Crippen LogP contribution in [-0.2, 0) is 0 Å². The molecule has 2 aliphatic rings. The number of Topliss-reactive ketones (excluding diaryl/α,β-unsaturated/α-hetero) is 1. The zero-order chi connectivity index (χ0) is 13.9. The van der Waals surface area contributed by atoms with Gasteiger partial charge in [0, 0.05) is 11.5 Å². The minimum atomic E-state index is 0.283. The van der Waals surface area contributed by atoms with Crippen molar-refractivity contribution in [3.8, 4) is 0 Å². The van der Waals surface area contributed by atoms with E-state index in [1.165, 1.54) is 44.1 Å². The first-order valence-corrected chi connectivity index (χ1v) is 8.42. The van der Waals surface area contributed by atoms with Crippen molar-refractivity contribution in [2.75, 3.05) is 0 Å². The van der Waals surface area contributed by atoms with E-state index in [0.29, 0.717) is 5.78 Å². The smallest absolute Gasteiger partial charge is 0.165 e. The summed E-state index contributed by atoms with van der Waals surface area (Å²) in [5.74, 6) is 2.18. The Balaban J connectivity index is 1.72. The van der Waals surface area contributed by atoms with Gasteiger partial charge < -0.3 is 0 Å². The minimum absolute atomic E-state index is 0.283. The highest BCUT2D eigenvalue weighted by Crippen LogP contribution is 2.37. The summed E-state index contributed by atoms with van der Waals surface area (Å²) < 4.78 is 0. The van der Waals surface area contributed by atoms with Gasteiger partial charge in [0.1, 0.15) is 0 Å². The Morgan fingerprint density at radius 3 is 2.65 bits per heavy atom. The number of benzene rings is 1. The first-order chi connectivity index (χ1) is 9.78. The van der Waals surface area contributed by atoms with Crippen LogP contribution >= 0.6 is 0 Å². The van der Waals surface area contributed by atoms with Crippen LogP contribution in [0.2, 0.25) is 0 Å². The van der Waals surface area contributed by atoms with Crippen molar-refractivity contribution in [2.24, 2.45) is 11.8 Å². The van der Waals surface area contributed by atoms with Crippen molar-refractivity contribution >= 4 is 5.78 Å². The Labute approximate surface area is 122 Å². The highest BCUT2D eigenvalue weighted by atomic mass is 16.1. The van der Waals surface area contributed by atoms with Crippen molar-refractivity contribution < 1.29 is 4.79 Å². The molecule has 1 nitrogen and oxygen atoms in total. The predicted octanol–water partition coefficient (Wildman–Crippen LogP) is 5.35. The Hall–Kier alpha value is -1.11. The third-order valence-corrected chi connectivity index (χ3v) is 5.48. The Morgan fingerprint density at radius 1 is 1.15 bits per heavy atom. The number of hydrogen-bond donors (Lipinski definition) is 0. The Morgan fingerprint density at radius 2 is 1.95 bits per heavy atom. The molecule has 0 radical (unpaired) electrons. The van der Waals surface area contributed by atoms with Crippen LogP contribution < -0.4 is 0 Å². The van der Waals surface area contributed by atoms with Gasteiger partial charge in [-0.1, -0.05) is 50.8 Å². The molecule has 0 aromatic heterocycles. The second kappa shape index (κ2) is 6.11. The molecule has 0 amide bonds. The normalized spacial score (nSPS) is 27.1. The van der Waals surface area contributed by atoms with Gasteiger partial charge in [0.15, 0.2) is 5.78 Å². The molecular weight excluding hydrogens is 244 g/mol. The van der Waals surface area contributed by atoms with Crippen molar-refractivity contribution in [3.05, 3.63) is 35.4 Å². The van der Waals surface area contributed by atoms with Gasteiger partial charge in [-0.2, -0.15) is 0 Å². The van der Waals surface area contributed by atoms with Crippen LogP contribution in [0.5, 0.6) is 0 Å². The Bertz CT molecular complexity index is 472. The van der Waals surface area contributed by atoms with E-state index in [9.17, 15) is 4.79 Å². The van der Waals surface area contributed by atoms with E-state index >= 15 is 0 Å². The van der Waals surface area contributed by atoms with Gasteiger partial charge in [0.25, 0.3) is 0 Å². The van der Waals surface area contributed by atoms with Crippen LogP contribution in [0, 0.1) is 11.8 Å². The number of carbonyl (C=O) groups excluding carboxylic acids is 1. The molecule has 0 saturated heterocycles. The summed E-state index contributed by atoms with van der Waals surface area (Å²) in [6.45, 7) is 2.26. The van der Waals surface area contributed by atoms with Crippen LogP contribution in [0.1, 0.15) is 80.1 Å². The van der Waals surface area contributed by atoms with Crippen molar-refractivity contribution in [3.63, 3.8) is 0 Å². The van der Waals surface area contributed by atoms with E-state index in [2.05, 4.69) is 25.1 Å². The first-order valence-electron chi connectivity index (χ1n) is 8.42. The summed E-state index contributed by atoms with van der Waals surface area (Å²) >= 11 is 0. The highest BCUT2D eigenvalue weighted by molar-refractivity contribution is 5.98. The molecule has 108 valence electrons. The van der Waals surface area contributed by atoms with E-state index in [0.717, 1.165) is 30.2 Å². The second-order valence-electron chi connectivity index (χ2n) is 6.76. The van der Waals surface area contributed by atoms with E-state index in [-0.39, 0.29) is 5.92 Å². The largest absolute Gasteiger partial charge is 0.294 e. The predicted molar refractivity (Wildman–Crippen MR) is 83.1 cm³/mol. The zero-order valence-corrected chi connectivity index (χ0v) is 12.6. The summed E-state index contributed by atoms with van der Waals surface area (Å²) in [6.07, 6.45) is 9.96. The summed E-state index contributed by atoms with van der Waals surface area (Å²) in [7, 11) is 0. The molecule has 0 bridgehead atoms. The van der Waals surface area contributed by atoms with Crippen LogP contribution in [0.3, 0.4) is 0 Å². The lowest BCUT2D eigenvalue weighted by Gasteiger charge is -2.28. The SMILES string of the molecule is CCC1CCCC(C(=O)c2cccc(C3CCC3)c2)C1.